The molecular weight excluding hydrogens is 269 g/mol. The third-order valence-corrected chi connectivity index (χ3v) is 3.13. The number of hydrogen-bond acceptors (Lipinski definition) is 4. The summed E-state index contributed by atoms with van der Waals surface area (Å²) < 4.78 is 18.7. The summed E-state index contributed by atoms with van der Waals surface area (Å²) in [6, 6.07) is 12.4. The van der Waals surface area contributed by atoms with E-state index in [4.69, 9.17) is 4.74 Å². The van der Waals surface area contributed by atoms with Crippen LogP contribution < -0.4 is 10.1 Å². The van der Waals surface area contributed by atoms with Gasteiger partial charge in [0.2, 0.25) is 0 Å². The molecule has 0 aliphatic carbocycles. The lowest BCUT2D eigenvalue weighted by Crippen LogP contribution is -1.99. The summed E-state index contributed by atoms with van der Waals surface area (Å²) in [5.74, 6) is 1.11. The molecule has 0 spiro atoms. The van der Waals surface area contributed by atoms with Crippen LogP contribution >= 0.6 is 0 Å². The number of rotatable bonds is 3. The molecule has 0 saturated carbocycles. The second-order valence-electron chi connectivity index (χ2n) is 4.61. The summed E-state index contributed by atoms with van der Waals surface area (Å²) in [7, 11) is 1.44. The van der Waals surface area contributed by atoms with Gasteiger partial charge in [-0.1, -0.05) is 12.1 Å². The number of methoxy groups -OCH3 is 1. The van der Waals surface area contributed by atoms with E-state index < -0.39 is 5.82 Å². The van der Waals surface area contributed by atoms with Gasteiger partial charge in [-0.3, -0.25) is 0 Å². The van der Waals surface area contributed by atoms with Crippen LogP contribution in [0.1, 0.15) is 5.82 Å². The van der Waals surface area contributed by atoms with Crippen molar-refractivity contribution in [2.45, 2.75) is 6.92 Å². The molecule has 0 unspecified atom stereocenters. The first-order valence-electron chi connectivity index (χ1n) is 6.51. The molecule has 5 heteroatoms. The lowest BCUT2D eigenvalue weighted by Gasteiger charge is -2.10. The minimum atomic E-state index is -0.419. The van der Waals surface area contributed by atoms with Crippen LogP contribution in [-0.2, 0) is 0 Å². The van der Waals surface area contributed by atoms with E-state index in [9.17, 15) is 4.39 Å². The highest BCUT2D eigenvalue weighted by molar-refractivity contribution is 5.90. The predicted octanol–water partition coefficient (Wildman–Crippen LogP) is 3.83. The summed E-state index contributed by atoms with van der Waals surface area (Å²) in [5.41, 5.74) is 1.46. The first-order valence-corrected chi connectivity index (χ1v) is 6.51. The van der Waals surface area contributed by atoms with Crippen molar-refractivity contribution in [1.29, 1.82) is 0 Å². The third kappa shape index (κ3) is 2.63. The van der Waals surface area contributed by atoms with E-state index in [-0.39, 0.29) is 5.75 Å². The van der Waals surface area contributed by atoms with Gasteiger partial charge >= 0.3 is 0 Å². The SMILES string of the molecule is COc1ccc(Nc2nc(C)nc3ccccc23)cc1F. The van der Waals surface area contributed by atoms with Gasteiger partial charge in [-0.2, -0.15) is 0 Å². The van der Waals surface area contributed by atoms with Crippen LogP contribution in [0.4, 0.5) is 15.9 Å². The zero-order valence-corrected chi connectivity index (χ0v) is 11.7. The number of nitrogens with one attached hydrogen (secondary N) is 1. The Kier molecular flexibility index (Phi) is 3.39. The molecule has 4 nitrogen and oxygen atoms in total. The van der Waals surface area contributed by atoms with Crippen LogP contribution in [0.2, 0.25) is 0 Å². The highest BCUT2D eigenvalue weighted by Crippen LogP contribution is 2.26. The van der Waals surface area contributed by atoms with Gasteiger partial charge in [0, 0.05) is 17.1 Å². The Bertz CT molecular complexity index is 805. The van der Waals surface area contributed by atoms with E-state index in [0.717, 1.165) is 10.9 Å². The molecule has 0 radical (unpaired) electrons. The molecule has 0 fully saturated rings. The number of ether oxygens (including phenoxy) is 1. The van der Waals surface area contributed by atoms with Gasteiger partial charge in [0.1, 0.15) is 11.6 Å². The molecule has 0 aliphatic rings. The summed E-state index contributed by atoms with van der Waals surface area (Å²) in [4.78, 5) is 8.77. The van der Waals surface area contributed by atoms with Gasteiger partial charge in [-0.25, -0.2) is 14.4 Å². The highest BCUT2D eigenvalue weighted by Gasteiger charge is 2.08. The summed E-state index contributed by atoms with van der Waals surface area (Å²) in [6.45, 7) is 1.83. The van der Waals surface area contributed by atoms with E-state index in [1.54, 1.807) is 12.1 Å². The minimum Gasteiger partial charge on any atom is -0.494 e. The van der Waals surface area contributed by atoms with Crippen molar-refractivity contribution in [3.63, 3.8) is 0 Å². The second-order valence-corrected chi connectivity index (χ2v) is 4.61. The highest BCUT2D eigenvalue weighted by atomic mass is 19.1. The van der Waals surface area contributed by atoms with Crippen molar-refractivity contribution in [1.82, 2.24) is 9.97 Å². The fraction of sp³-hybridized carbons (Fsp3) is 0.125. The number of para-hydroxylation sites is 1. The first-order chi connectivity index (χ1) is 10.2. The van der Waals surface area contributed by atoms with Crippen LogP contribution in [-0.4, -0.2) is 17.1 Å². The van der Waals surface area contributed by atoms with E-state index in [1.165, 1.54) is 13.2 Å². The predicted molar refractivity (Wildman–Crippen MR) is 80.5 cm³/mol. The Morgan fingerprint density at radius 3 is 2.67 bits per heavy atom. The maximum Gasteiger partial charge on any atom is 0.167 e. The van der Waals surface area contributed by atoms with Gasteiger partial charge in [0.05, 0.1) is 12.6 Å². The second kappa shape index (κ2) is 5.36. The molecule has 3 aromatic rings. The van der Waals surface area contributed by atoms with E-state index in [0.29, 0.717) is 17.3 Å². The Morgan fingerprint density at radius 1 is 1.10 bits per heavy atom. The molecule has 1 heterocycles. The molecule has 1 N–H and O–H groups in total. The molecule has 0 amide bonds. The Morgan fingerprint density at radius 2 is 1.90 bits per heavy atom. The van der Waals surface area contributed by atoms with Crippen molar-refractivity contribution in [2.24, 2.45) is 0 Å². The van der Waals surface area contributed by atoms with E-state index in [2.05, 4.69) is 15.3 Å². The van der Waals surface area contributed by atoms with Crippen LogP contribution in [0.15, 0.2) is 42.5 Å². The first kappa shape index (κ1) is 13.3. The molecule has 0 bridgehead atoms. The van der Waals surface area contributed by atoms with Crippen molar-refractivity contribution < 1.29 is 9.13 Å². The van der Waals surface area contributed by atoms with Crippen molar-refractivity contribution in [3.05, 3.63) is 54.1 Å². The van der Waals surface area contributed by atoms with Crippen LogP contribution in [0.25, 0.3) is 10.9 Å². The molecule has 3 rings (SSSR count). The lowest BCUT2D eigenvalue weighted by molar-refractivity contribution is 0.386. The summed E-state index contributed by atoms with van der Waals surface area (Å²) in [6.07, 6.45) is 0. The van der Waals surface area contributed by atoms with Crippen molar-refractivity contribution >= 4 is 22.4 Å². The minimum absolute atomic E-state index is 0.212. The molecule has 106 valence electrons. The zero-order valence-electron chi connectivity index (χ0n) is 11.7. The summed E-state index contributed by atoms with van der Waals surface area (Å²) >= 11 is 0. The number of anilines is 2. The van der Waals surface area contributed by atoms with Crippen molar-refractivity contribution in [2.75, 3.05) is 12.4 Å². The quantitative estimate of drug-likeness (QED) is 0.793. The fourth-order valence-electron chi connectivity index (χ4n) is 2.17. The number of hydrogen-bond donors (Lipinski definition) is 1. The normalized spacial score (nSPS) is 10.6. The summed E-state index contributed by atoms with van der Waals surface area (Å²) in [5, 5.41) is 4.02. The molecule has 0 atom stereocenters. The molecule has 0 aliphatic heterocycles. The Labute approximate surface area is 121 Å². The van der Waals surface area contributed by atoms with E-state index >= 15 is 0 Å². The fourth-order valence-corrected chi connectivity index (χ4v) is 2.17. The number of aromatic nitrogens is 2. The lowest BCUT2D eigenvalue weighted by atomic mass is 10.2. The maximum absolute atomic E-state index is 13.7. The van der Waals surface area contributed by atoms with Crippen molar-refractivity contribution in [3.8, 4) is 5.75 Å². The molecule has 0 saturated heterocycles. The number of benzene rings is 2. The van der Waals surface area contributed by atoms with Crippen LogP contribution in [0, 0.1) is 12.7 Å². The average Bonchev–Trinajstić information content (AvgIpc) is 2.47. The molecule has 2 aromatic carbocycles. The number of halogens is 1. The van der Waals surface area contributed by atoms with Crippen LogP contribution in [0.5, 0.6) is 5.75 Å². The van der Waals surface area contributed by atoms with Gasteiger partial charge in [0.15, 0.2) is 11.6 Å². The zero-order chi connectivity index (χ0) is 14.8. The largest absolute Gasteiger partial charge is 0.494 e. The maximum atomic E-state index is 13.7. The molecular formula is C16H14FN3O. The Hall–Kier alpha value is -2.69. The monoisotopic (exact) mass is 283 g/mol. The third-order valence-electron chi connectivity index (χ3n) is 3.13. The standard InChI is InChI=1S/C16H14FN3O/c1-10-18-14-6-4-3-5-12(14)16(19-10)20-11-7-8-15(21-2)13(17)9-11/h3-9H,1-2H3,(H,18,19,20). The topological polar surface area (TPSA) is 47.0 Å². The number of nitrogens with zero attached hydrogens (tertiary/aromatic N) is 2. The van der Waals surface area contributed by atoms with Crippen LogP contribution in [0.3, 0.4) is 0 Å². The smallest absolute Gasteiger partial charge is 0.167 e. The molecule has 21 heavy (non-hydrogen) atoms. The Balaban J connectivity index is 2.03. The average molecular weight is 283 g/mol. The number of fused-ring (bicyclic) bond motifs is 1. The van der Waals surface area contributed by atoms with Gasteiger partial charge in [-0.15, -0.1) is 0 Å². The van der Waals surface area contributed by atoms with Gasteiger partial charge < -0.3 is 10.1 Å². The van der Waals surface area contributed by atoms with E-state index in [1.807, 2.05) is 31.2 Å². The number of aryl methyl sites for hydroxylation is 1. The van der Waals surface area contributed by atoms with Gasteiger partial charge in [0.25, 0.3) is 0 Å². The molecule has 1 aromatic heterocycles. The van der Waals surface area contributed by atoms with Gasteiger partial charge in [-0.05, 0) is 31.2 Å².